The maximum absolute atomic E-state index is 13.4. The summed E-state index contributed by atoms with van der Waals surface area (Å²) in [4.78, 5) is 18.3. The summed E-state index contributed by atoms with van der Waals surface area (Å²) in [5.74, 6) is 0.189. The predicted octanol–water partition coefficient (Wildman–Crippen LogP) is 3.93. The van der Waals surface area contributed by atoms with Crippen molar-refractivity contribution >= 4 is 35.0 Å². The lowest BCUT2D eigenvalue weighted by molar-refractivity contribution is -0.620. The van der Waals surface area contributed by atoms with Crippen molar-refractivity contribution in [1.29, 1.82) is 0 Å². The third kappa shape index (κ3) is 4.34. The van der Waals surface area contributed by atoms with Crippen LogP contribution in [0, 0.1) is 5.21 Å². The minimum Gasteiger partial charge on any atom is -0.618 e. The van der Waals surface area contributed by atoms with Gasteiger partial charge in [-0.05, 0) is 65.7 Å². The zero-order chi connectivity index (χ0) is 27.3. The van der Waals surface area contributed by atoms with Gasteiger partial charge in [0.25, 0.3) is 0 Å². The molecule has 196 valence electrons. The molecule has 39 heavy (non-hydrogen) atoms. The van der Waals surface area contributed by atoms with Gasteiger partial charge in [-0.1, -0.05) is 23.2 Å². The van der Waals surface area contributed by atoms with E-state index in [9.17, 15) is 15.1 Å². The van der Waals surface area contributed by atoms with Gasteiger partial charge in [0, 0.05) is 33.0 Å². The summed E-state index contributed by atoms with van der Waals surface area (Å²) in [6.07, 6.45) is 3.77. The van der Waals surface area contributed by atoms with Gasteiger partial charge >= 0.3 is 6.09 Å². The first-order valence-electron chi connectivity index (χ1n) is 11.6. The fraction of sp³-hybridized carbons (Fsp3) is 0.120. The highest BCUT2D eigenvalue weighted by atomic mass is 35.5. The number of tetrazole rings is 1. The Kier molecular flexibility index (Phi) is 5.94. The van der Waals surface area contributed by atoms with E-state index in [-0.39, 0.29) is 23.0 Å². The fourth-order valence-electron chi connectivity index (χ4n) is 4.89. The van der Waals surface area contributed by atoms with Crippen LogP contribution >= 0.6 is 23.2 Å². The summed E-state index contributed by atoms with van der Waals surface area (Å²) >= 11 is 12.6. The summed E-state index contributed by atoms with van der Waals surface area (Å²) in [7, 11) is 0. The molecule has 0 saturated carbocycles. The molecule has 0 radical (unpaired) electrons. The molecule has 2 aromatic carbocycles. The SMILES string of the molecule is O=C(O)Nc1ccc(-c2cnc(C3(O)CCc4cc(-c5cc(Cl)ccc5-n5cnnn5)c[n+]([O-])c43)[nH]2)c(Cl)c1. The number of pyridine rings is 1. The molecule has 4 N–H and O–H groups in total. The van der Waals surface area contributed by atoms with Crippen LogP contribution in [0.5, 0.6) is 0 Å². The second-order valence-electron chi connectivity index (χ2n) is 8.97. The molecular weight excluding hydrogens is 547 g/mol. The Labute approximate surface area is 230 Å². The quantitative estimate of drug-likeness (QED) is 0.184. The summed E-state index contributed by atoms with van der Waals surface area (Å²) in [6.45, 7) is 0. The number of H-pyrrole nitrogens is 1. The maximum atomic E-state index is 13.4. The Morgan fingerprint density at radius 3 is 2.77 bits per heavy atom. The summed E-state index contributed by atoms with van der Waals surface area (Å²) in [6, 6.07) is 11.7. The number of anilines is 1. The van der Waals surface area contributed by atoms with Crippen LogP contribution in [-0.4, -0.2) is 46.5 Å². The summed E-state index contributed by atoms with van der Waals surface area (Å²) in [5, 5.41) is 48.3. The monoisotopic (exact) mass is 564 g/mol. The van der Waals surface area contributed by atoms with Crippen molar-refractivity contribution in [2.45, 2.75) is 18.4 Å². The van der Waals surface area contributed by atoms with E-state index in [2.05, 4.69) is 30.8 Å². The van der Waals surface area contributed by atoms with E-state index in [1.807, 2.05) is 6.07 Å². The molecule has 12 nitrogen and oxygen atoms in total. The second kappa shape index (κ2) is 9.34. The molecule has 0 bridgehead atoms. The number of imidazole rings is 1. The Morgan fingerprint density at radius 2 is 2.03 bits per heavy atom. The van der Waals surface area contributed by atoms with Crippen molar-refractivity contribution in [3.8, 4) is 28.1 Å². The first kappa shape index (κ1) is 24.8. The number of hydrogen-bond acceptors (Lipinski definition) is 7. The molecule has 0 fully saturated rings. The molecule has 0 saturated heterocycles. The third-order valence-corrected chi connectivity index (χ3v) is 7.15. The van der Waals surface area contributed by atoms with Gasteiger partial charge in [0.2, 0.25) is 11.3 Å². The van der Waals surface area contributed by atoms with Crippen LogP contribution in [0.1, 0.15) is 23.5 Å². The average Bonchev–Trinajstić information content (AvgIpc) is 3.65. The molecule has 3 aromatic heterocycles. The van der Waals surface area contributed by atoms with E-state index in [4.69, 9.17) is 28.3 Å². The normalized spacial score (nSPS) is 16.3. The van der Waals surface area contributed by atoms with Gasteiger partial charge in [-0.15, -0.1) is 5.10 Å². The number of hydrogen-bond donors (Lipinski definition) is 4. The van der Waals surface area contributed by atoms with E-state index in [0.717, 1.165) is 0 Å². The molecule has 1 aliphatic carbocycles. The van der Waals surface area contributed by atoms with Crippen LogP contribution in [0.2, 0.25) is 10.0 Å². The largest absolute Gasteiger partial charge is 0.618 e. The third-order valence-electron chi connectivity index (χ3n) is 6.60. The fourth-order valence-corrected chi connectivity index (χ4v) is 5.34. The number of aliphatic hydroxyl groups is 1. The average molecular weight is 565 g/mol. The highest BCUT2D eigenvalue weighted by Crippen LogP contribution is 2.41. The highest BCUT2D eigenvalue weighted by Gasteiger charge is 2.48. The van der Waals surface area contributed by atoms with Crippen LogP contribution in [0.3, 0.4) is 0 Å². The Bertz CT molecular complexity index is 1740. The molecule has 1 aliphatic rings. The standard InChI is InChI=1S/C25H18Cl2N8O4/c26-15-1-4-21(34-12-29-32-33-34)18(8-15)14-7-13-5-6-25(38,22(13)35(39)11-14)23-28-10-20(31-23)17-3-2-16(9-19(17)27)30-24(36)37/h1-4,7-12,30,38H,5-6H2,(H,28,31)(H,36,37). The van der Waals surface area contributed by atoms with Crippen molar-refractivity contribution in [2.24, 2.45) is 0 Å². The van der Waals surface area contributed by atoms with Gasteiger partial charge < -0.3 is 20.4 Å². The van der Waals surface area contributed by atoms with E-state index in [1.165, 1.54) is 29.5 Å². The van der Waals surface area contributed by atoms with E-state index < -0.39 is 11.7 Å². The molecule has 0 spiro atoms. The van der Waals surface area contributed by atoms with Crippen molar-refractivity contribution < 1.29 is 19.7 Å². The van der Waals surface area contributed by atoms with Crippen LogP contribution in [-0.2, 0) is 12.0 Å². The van der Waals surface area contributed by atoms with Crippen LogP contribution < -0.4 is 10.0 Å². The number of nitrogens with one attached hydrogen (secondary N) is 2. The van der Waals surface area contributed by atoms with Gasteiger partial charge in [-0.3, -0.25) is 5.32 Å². The number of aromatic nitrogens is 7. The van der Waals surface area contributed by atoms with Gasteiger partial charge in [0.05, 0.1) is 22.6 Å². The molecule has 3 heterocycles. The van der Waals surface area contributed by atoms with Crippen molar-refractivity contribution in [2.75, 3.05) is 5.32 Å². The van der Waals surface area contributed by atoms with Crippen molar-refractivity contribution in [3.05, 3.63) is 93.5 Å². The molecular formula is C25H18Cl2N8O4. The second-order valence-corrected chi connectivity index (χ2v) is 9.82. The Morgan fingerprint density at radius 1 is 1.18 bits per heavy atom. The molecule has 6 rings (SSSR count). The van der Waals surface area contributed by atoms with Gasteiger partial charge in [-0.2, -0.15) is 9.41 Å². The number of halogens is 2. The summed E-state index contributed by atoms with van der Waals surface area (Å²) in [5.41, 5.74) is 2.39. The van der Waals surface area contributed by atoms with Crippen LogP contribution in [0.25, 0.3) is 28.1 Å². The lowest BCUT2D eigenvalue weighted by atomic mass is 9.98. The number of fused-ring (bicyclic) bond motifs is 1. The lowest BCUT2D eigenvalue weighted by Crippen LogP contribution is -2.42. The molecule has 5 aromatic rings. The molecule has 0 aliphatic heterocycles. The van der Waals surface area contributed by atoms with Crippen LogP contribution in [0.4, 0.5) is 10.5 Å². The number of aromatic amines is 1. The van der Waals surface area contributed by atoms with Gasteiger partial charge in [-0.25, -0.2) is 9.78 Å². The molecule has 1 atom stereocenters. The first-order valence-corrected chi connectivity index (χ1v) is 12.4. The van der Waals surface area contributed by atoms with Gasteiger partial charge in [0.15, 0.2) is 6.20 Å². The van der Waals surface area contributed by atoms with Crippen LogP contribution in [0.15, 0.2) is 61.2 Å². The molecule has 14 heteroatoms. The minimum absolute atomic E-state index is 0.172. The summed E-state index contributed by atoms with van der Waals surface area (Å²) < 4.78 is 2.13. The lowest BCUT2D eigenvalue weighted by Gasteiger charge is -2.20. The topological polar surface area (TPSA) is 169 Å². The Hall–Kier alpha value is -4.52. The maximum Gasteiger partial charge on any atom is 0.409 e. The van der Waals surface area contributed by atoms with Crippen molar-refractivity contribution in [3.63, 3.8) is 0 Å². The zero-order valence-corrected chi connectivity index (χ0v) is 21.3. The van der Waals surface area contributed by atoms with Crippen molar-refractivity contribution in [1.82, 2.24) is 30.2 Å². The number of amides is 1. The minimum atomic E-state index is -1.67. The van der Waals surface area contributed by atoms with Gasteiger partial charge in [0.1, 0.15) is 12.2 Å². The number of benzene rings is 2. The smallest absolute Gasteiger partial charge is 0.409 e. The Balaban J connectivity index is 1.37. The number of aryl methyl sites for hydroxylation is 1. The zero-order valence-electron chi connectivity index (χ0n) is 19.8. The molecule has 1 unspecified atom stereocenters. The number of carboxylic acid groups (broad SMARTS) is 1. The highest BCUT2D eigenvalue weighted by molar-refractivity contribution is 6.33. The first-order chi connectivity index (χ1) is 18.7. The molecule has 1 amide bonds. The van der Waals surface area contributed by atoms with E-state index in [0.29, 0.717) is 55.5 Å². The number of rotatable bonds is 5. The number of nitrogens with zero attached hydrogens (tertiary/aromatic N) is 6. The van der Waals surface area contributed by atoms with E-state index in [1.54, 1.807) is 30.3 Å². The predicted molar refractivity (Wildman–Crippen MR) is 141 cm³/mol. The van der Waals surface area contributed by atoms with E-state index >= 15 is 0 Å². The number of carbonyl (C=O) groups is 1.